The lowest BCUT2D eigenvalue weighted by atomic mass is 10.0. The molecule has 9 heteroatoms. The first-order chi connectivity index (χ1) is 16.0. The Morgan fingerprint density at radius 2 is 1.88 bits per heavy atom. The zero-order valence-electron chi connectivity index (χ0n) is 17.8. The van der Waals surface area contributed by atoms with Crippen LogP contribution in [0.25, 0.3) is 16.6 Å². The molecule has 4 aromatic rings. The van der Waals surface area contributed by atoms with Crippen LogP contribution in [0, 0.1) is 0 Å². The van der Waals surface area contributed by atoms with E-state index < -0.39 is 0 Å². The number of benzene rings is 2. The largest absolute Gasteiger partial charge is 0.457 e. The van der Waals surface area contributed by atoms with E-state index >= 15 is 0 Å². The number of ether oxygens (including phenoxy) is 1. The van der Waals surface area contributed by atoms with Crippen LogP contribution >= 0.6 is 0 Å². The molecule has 0 saturated carbocycles. The first kappa shape index (κ1) is 20.5. The summed E-state index contributed by atoms with van der Waals surface area (Å²) in [5, 5.41) is 11.6. The number of para-hydroxylation sites is 1. The van der Waals surface area contributed by atoms with Gasteiger partial charge in [-0.25, -0.2) is 9.78 Å². The normalized spacial score (nSPS) is 15.6. The van der Waals surface area contributed by atoms with E-state index in [1.165, 1.54) is 6.08 Å². The lowest BCUT2D eigenvalue weighted by Crippen LogP contribution is -2.26. The number of likely N-dealkylation sites (tertiary alicyclic amines) is 1. The molecule has 0 aliphatic carbocycles. The van der Waals surface area contributed by atoms with Crippen LogP contribution in [0.5, 0.6) is 11.5 Å². The Hall–Kier alpha value is -4.40. The number of rotatable bonds is 5. The average Bonchev–Trinajstić information content (AvgIpc) is 3.48. The first-order valence-electron chi connectivity index (χ1n) is 10.6. The molecule has 1 saturated heterocycles. The van der Waals surface area contributed by atoms with Crippen molar-refractivity contribution in [3.63, 3.8) is 0 Å². The Morgan fingerprint density at radius 3 is 2.61 bits per heavy atom. The zero-order chi connectivity index (χ0) is 22.9. The summed E-state index contributed by atoms with van der Waals surface area (Å²) < 4.78 is 7.50. The van der Waals surface area contributed by atoms with Gasteiger partial charge in [0.1, 0.15) is 17.0 Å². The second-order valence-electron chi connectivity index (χ2n) is 7.84. The Kier molecular flexibility index (Phi) is 5.14. The van der Waals surface area contributed by atoms with E-state index in [0.717, 1.165) is 5.75 Å². The van der Waals surface area contributed by atoms with Crippen LogP contribution < -0.4 is 16.0 Å². The molecular weight excluding hydrogens is 420 g/mol. The summed E-state index contributed by atoms with van der Waals surface area (Å²) in [6, 6.07) is 16.8. The maximum absolute atomic E-state index is 12.7. The second kappa shape index (κ2) is 8.27. The van der Waals surface area contributed by atoms with E-state index in [-0.39, 0.29) is 23.2 Å². The number of carbonyl (C=O) groups excluding carboxylic acids is 1. The second-order valence-corrected chi connectivity index (χ2v) is 7.84. The monoisotopic (exact) mass is 442 g/mol. The molecule has 1 aliphatic heterocycles. The van der Waals surface area contributed by atoms with Crippen molar-refractivity contribution in [3.8, 4) is 17.2 Å². The number of nitrogens with two attached hydrogens (primary N) is 1. The highest BCUT2D eigenvalue weighted by Crippen LogP contribution is 2.33. The van der Waals surface area contributed by atoms with Crippen LogP contribution in [0.3, 0.4) is 0 Å². The topological polar surface area (TPSA) is 119 Å². The molecule has 1 amide bonds. The number of carbonyl (C=O) groups is 1. The summed E-state index contributed by atoms with van der Waals surface area (Å²) in [4.78, 5) is 26.5. The van der Waals surface area contributed by atoms with Gasteiger partial charge in [-0.05, 0) is 48.9 Å². The fourth-order valence-electron chi connectivity index (χ4n) is 4.18. The predicted octanol–water partition coefficient (Wildman–Crippen LogP) is 2.99. The van der Waals surface area contributed by atoms with Crippen molar-refractivity contribution >= 4 is 22.6 Å². The van der Waals surface area contributed by atoms with E-state index in [9.17, 15) is 9.59 Å². The molecule has 1 atom stereocenters. The van der Waals surface area contributed by atoms with Crippen molar-refractivity contribution in [2.45, 2.75) is 12.3 Å². The highest BCUT2D eigenvalue weighted by Gasteiger charge is 2.31. The number of fused-ring (bicyclic) bond motifs is 1. The summed E-state index contributed by atoms with van der Waals surface area (Å²) in [5.41, 5.74) is 7.55. The van der Waals surface area contributed by atoms with Gasteiger partial charge in [-0.2, -0.15) is 10.2 Å². The molecule has 3 heterocycles. The minimum atomic E-state index is -0.363. The van der Waals surface area contributed by atoms with E-state index in [1.54, 1.807) is 9.58 Å². The van der Waals surface area contributed by atoms with Crippen molar-refractivity contribution in [3.05, 3.63) is 83.3 Å². The van der Waals surface area contributed by atoms with Crippen LogP contribution in [-0.2, 0) is 4.79 Å². The SMILES string of the molecule is C=CC(=O)N1CC[C@H](c2nn(-c3ccc(Oc4ccccc4)cc3)c3c(N)n[nH]c(=O)c23)C1. The molecule has 0 bridgehead atoms. The minimum absolute atomic E-state index is 0.0961. The third kappa shape index (κ3) is 3.73. The van der Waals surface area contributed by atoms with E-state index in [2.05, 4.69) is 16.8 Å². The number of nitrogens with one attached hydrogen (secondary N) is 1. The zero-order valence-corrected chi connectivity index (χ0v) is 17.8. The van der Waals surface area contributed by atoms with Crippen molar-refractivity contribution < 1.29 is 9.53 Å². The molecule has 166 valence electrons. The maximum Gasteiger partial charge on any atom is 0.275 e. The van der Waals surface area contributed by atoms with Gasteiger partial charge in [0.25, 0.3) is 5.56 Å². The van der Waals surface area contributed by atoms with Gasteiger partial charge in [0.05, 0.1) is 16.8 Å². The number of anilines is 1. The molecule has 0 spiro atoms. The lowest BCUT2D eigenvalue weighted by Gasteiger charge is -2.13. The van der Waals surface area contributed by atoms with Crippen LogP contribution in [0.15, 0.2) is 72.0 Å². The fourth-order valence-corrected chi connectivity index (χ4v) is 4.18. The highest BCUT2D eigenvalue weighted by atomic mass is 16.5. The van der Waals surface area contributed by atoms with E-state index in [1.807, 2.05) is 54.6 Å². The van der Waals surface area contributed by atoms with Crippen LogP contribution in [0.2, 0.25) is 0 Å². The maximum atomic E-state index is 12.7. The van der Waals surface area contributed by atoms with E-state index in [0.29, 0.717) is 47.5 Å². The van der Waals surface area contributed by atoms with Crippen LogP contribution in [-0.4, -0.2) is 43.9 Å². The molecule has 1 aliphatic rings. The van der Waals surface area contributed by atoms with Crippen molar-refractivity contribution in [1.82, 2.24) is 24.9 Å². The molecular formula is C24H22N6O3. The highest BCUT2D eigenvalue weighted by molar-refractivity contribution is 5.91. The number of aromatic amines is 1. The first-order valence-corrected chi connectivity index (χ1v) is 10.6. The summed E-state index contributed by atoms with van der Waals surface area (Å²) in [7, 11) is 0. The van der Waals surface area contributed by atoms with Gasteiger partial charge < -0.3 is 15.4 Å². The average molecular weight is 442 g/mol. The number of amides is 1. The van der Waals surface area contributed by atoms with Gasteiger partial charge in [0.15, 0.2) is 5.82 Å². The van der Waals surface area contributed by atoms with Crippen molar-refractivity contribution in [2.24, 2.45) is 0 Å². The molecule has 3 N–H and O–H groups in total. The standard InChI is InChI=1S/C24H22N6O3/c1-2-19(31)29-13-12-15(14-29)21-20-22(23(25)26-27-24(20)32)30(28-21)16-8-10-18(11-9-16)33-17-6-4-3-5-7-17/h2-11,15H,1,12-14H2,(H2,25,26)(H,27,32)/t15-/m0/s1. The summed E-state index contributed by atoms with van der Waals surface area (Å²) in [6.07, 6.45) is 1.99. The van der Waals surface area contributed by atoms with Crippen molar-refractivity contribution in [1.29, 1.82) is 0 Å². The molecule has 1 fully saturated rings. The van der Waals surface area contributed by atoms with Gasteiger partial charge in [0, 0.05) is 19.0 Å². The summed E-state index contributed by atoms with van der Waals surface area (Å²) in [6.45, 7) is 4.59. The van der Waals surface area contributed by atoms with E-state index in [4.69, 9.17) is 15.6 Å². The Morgan fingerprint density at radius 1 is 1.15 bits per heavy atom. The summed E-state index contributed by atoms with van der Waals surface area (Å²) in [5.74, 6) is 1.34. The van der Waals surface area contributed by atoms with Crippen LogP contribution in [0.4, 0.5) is 5.82 Å². The summed E-state index contributed by atoms with van der Waals surface area (Å²) >= 11 is 0. The van der Waals surface area contributed by atoms with Gasteiger partial charge >= 0.3 is 0 Å². The van der Waals surface area contributed by atoms with Gasteiger partial charge in [-0.1, -0.05) is 24.8 Å². The quantitative estimate of drug-likeness (QED) is 0.459. The third-order valence-electron chi connectivity index (χ3n) is 5.78. The number of H-pyrrole nitrogens is 1. The predicted molar refractivity (Wildman–Crippen MR) is 125 cm³/mol. The molecule has 0 unspecified atom stereocenters. The Balaban J connectivity index is 1.54. The van der Waals surface area contributed by atoms with Crippen molar-refractivity contribution in [2.75, 3.05) is 18.8 Å². The third-order valence-corrected chi connectivity index (χ3v) is 5.78. The number of nitrogen functional groups attached to an aromatic ring is 1. The molecule has 2 aromatic carbocycles. The molecule has 2 aromatic heterocycles. The Labute approximate surface area is 189 Å². The molecule has 0 radical (unpaired) electrons. The number of hydrogen-bond acceptors (Lipinski definition) is 6. The smallest absolute Gasteiger partial charge is 0.275 e. The Bertz CT molecular complexity index is 1390. The van der Waals surface area contributed by atoms with Gasteiger partial charge in [-0.3, -0.25) is 9.59 Å². The van der Waals surface area contributed by atoms with Gasteiger partial charge in [-0.15, -0.1) is 0 Å². The fraction of sp³-hybridized carbons (Fsp3) is 0.167. The molecule has 9 nitrogen and oxygen atoms in total. The van der Waals surface area contributed by atoms with Gasteiger partial charge in [0.2, 0.25) is 5.91 Å². The molecule has 5 rings (SSSR count). The number of nitrogens with zero attached hydrogens (tertiary/aromatic N) is 4. The van der Waals surface area contributed by atoms with Crippen LogP contribution in [0.1, 0.15) is 18.0 Å². The molecule has 33 heavy (non-hydrogen) atoms. The minimum Gasteiger partial charge on any atom is -0.457 e. The number of hydrogen-bond donors (Lipinski definition) is 2. The number of aromatic nitrogens is 4. The lowest BCUT2D eigenvalue weighted by molar-refractivity contribution is -0.125.